The van der Waals surface area contributed by atoms with Crippen LogP contribution in [-0.2, 0) is 0 Å². The van der Waals surface area contributed by atoms with E-state index in [0.29, 0.717) is 17.3 Å². The van der Waals surface area contributed by atoms with E-state index in [1.807, 2.05) is 0 Å². The summed E-state index contributed by atoms with van der Waals surface area (Å²) in [6.07, 6.45) is 2.40. The van der Waals surface area contributed by atoms with Gasteiger partial charge in [-0.2, -0.15) is 0 Å². The van der Waals surface area contributed by atoms with Crippen molar-refractivity contribution in [1.29, 1.82) is 0 Å². The molecule has 0 saturated heterocycles. The van der Waals surface area contributed by atoms with Gasteiger partial charge < -0.3 is 5.32 Å². The fourth-order valence-electron chi connectivity index (χ4n) is 3.13. The Kier molecular flexibility index (Phi) is 4.48. The predicted molar refractivity (Wildman–Crippen MR) is 84.2 cm³/mol. The molecule has 1 aliphatic rings. The lowest BCUT2D eigenvalue weighted by atomic mass is 9.97. The summed E-state index contributed by atoms with van der Waals surface area (Å²) in [7, 11) is 0. The predicted octanol–water partition coefficient (Wildman–Crippen LogP) is 3.71. The molecule has 1 fully saturated rings. The summed E-state index contributed by atoms with van der Waals surface area (Å²) in [6.45, 7) is 15.4. The third kappa shape index (κ3) is 3.20. The van der Waals surface area contributed by atoms with Gasteiger partial charge >= 0.3 is 0 Å². The van der Waals surface area contributed by atoms with E-state index in [4.69, 9.17) is 9.97 Å². The number of nitrogens with zero attached hydrogens (tertiary/aromatic N) is 2. The van der Waals surface area contributed by atoms with Gasteiger partial charge in [-0.05, 0) is 50.1 Å². The molecule has 1 aromatic rings. The van der Waals surface area contributed by atoms with Crippen molar-refractivity contribution >= 4 is 0 Å². The maximum absolute atomic E-state index is 4.80. The maximum Gasteiger partial charge on any atom is 0.132 e. The third-order valence-corrected chi connectivity index (χ3v) is 4.54. The van der Waals surface area contributed by atoms with Crippen molar-refractivity contribution in [3.8, 4) is 0 Å². The van der Waals surface area contributed by atoms with Crippen molar-refractivity contribution in [3.05, 3.63) is 22.8 Å². The molecule has 3 heteroatoms. The van der Waals surface area contributed by atoms with Crippen LogP contribution in [0.3, 0.4) is 0 Å². The van der Waals surface area contributed by atoms with Gasteiger partial charge in [0.2, 0.25) is 0 Å². The van der Waals surface area contributed by atoms with Crippen LogP contribution in [0.25, 0.3) is 0 Å². The summed E-state index contributed by atoms with van der Waals surface area (Å²) >= 11 is 0. The van der Waals surface area contributed by atoms with Gasteiger partial charge in [0, 0.05) is 23.9 Å². The fourth-order valence-corrected chi connectivity index (χ4v) is 3.13. The first kappa shape index (κ1) is 15.4. The average molecular weight is 275 g/mol. The molecular formula is C17H29N3. The number of hydrogen-bond donors (Lipinski definition) is 1. The summed E-state index contributed by atoms with van der Waals surface area (Å²) in [4.78, 5) is 9.60. The molecule has 1 aliphatic carbocycles. The minimum atomic E-state index is 0.398. The Morgan fingerprint density at radius 3 is 2.25 bits per heavy atom. The van der Waals surface area contributed by atoms with Crippen molar-refractivity contribution in [2.45, 2.75) is 66.2 Å². The Morgan fingerprint density at radius 2 is 1.80 bits per heavy atom. The van der Waals surface area contributed by atoms with Crippen LogP contribution in [0.5, 0.6) is 0 Å². The number of aryl methyl sites for hydroxylation is 2. The van der Waals surface area contributed by atoms with Gasteiger partial charge in [-0.3, -0.25) is 0 Å². The highest BCUT2D eigenvalue weighted by Crippen LogP contribution is 2.57. The molecule has 0 spiro atoms. The summed E-state index contributed by atoms with van der Waals surface area (Å²) in [5, 5.41) is 3.50. The van der Waals surface area contributed by atoms with Gasteiger partial charge in [0.1, 0.15) is 5.82 Å². The van der Waals surface area contributed by atoms with E-state index in [9.17, 15) is 0 Å². The standard InChI is InChI=1S/C17H29N3/c1-7-8-18-10-11(2)15-12(3)19-16(20-13(15)4)14-9-17(14,5)6/h11,14,18H,7-10H2,1-6H3. The normalized spacial score (nSPS) is 21.8. The first-order valence-electron chi connectivity index (χ1n) is 7.92. The molecule has 2 rings (SSSR count). The zero-order valence-electron chi connectivity index (χ0n) is 13.9. The zero-order chi connectivity index (χ0) is 14.9. The number of aromatic nitrogens is 2. The molecule has 1 heterocycles. The highest BCUT2D eigenvalue weighted by atomic mass is 14.9. The minimum Gasteiger partial charge on any atom is -0.316 e. The summed E-state index contributed by atoms with van der Waals surface area (Å²) in [5.41, 5.74) is 4.06. The van der Waals surface area contributed by atoms with Crippen molar-refractivity contribution in [3.63, 3.8) is 0 Å². The van der Waals surface area contributed by atoms with Crippen LogP contribution < -0.4 is 5.32 Å². The van der Waals surface area contributed by atoms with Crippen LogP contribution in [0.4, 0.5) is 0 Å². The summed E-state index contributed by atoms with van der Waals surface area (Å²) in [6, 6.07) is 0. The molecule has 2 unspecified atom stereocenters. The molecule has 0 aliphatic heterocycles. The average Bonchev–Trinajstić information content (AvgIpc) is 2.98. The van der Waals surface area contributed by atoms with Crippen molar-refractivity contribution in [2.24, 2.45) is 5.41 Å². The zero-order valence-corrected chi connectivity index (χ0v) is 13.9. The van der Waals surface area contributed by atoms with Crippen molar-refractivity contribution < 1.29 is 0 Å². The Morgan fingerprint density at radius 1 is 1.25 bits per heavy atom. The third-order valence-electron chi connectivity index (χ3n) is 4.54. The Balaban J connectivity index is 2.14. The minimum absolute atomic E-state index is 0.398. The van der Waals surface area contributed by atoms with E-state index in [2.05, 4.69) is 46.9 Å². The molecule has 0 amide bonds. The molecule has 112 valence electrons. The van der Waals surface area contributed by atoms with Gasteiger partial charge in [0.25, 0.3) is 0 Å². The fraction of sp³-hybridized carbons (Fsp3) is 0.765. The van der Waals surface area contributed by atoms with Crippen molar-refractivity contribution in [2.75, 3.05) is 13.1 Å². The Hall–Kier alpha value is -0.960. The van der Waals surface area contributed by atoms with Crippen LogP contribution in [-0.4, -0.2) is 23.1 Å². The lowest BCUT2D eigenvalue weighted by molar-refractivity contribution is 0.590. The number of nitrogens with one attached hydrogen (secondary N) is 1. The SMILES string of the molecule is CCCNCC(C)c1c(C)nc(C2CC2(C)C)nc1C. The highest BCUT2D eigenvalue weighted by molar-refractivity contribution is 5.30. The largest absolute Gasteiger partial charge is 0.316 e. The Labute approximate surface area is 123 Å². The van der Waals surface area contributed by atoms with E-state index in [1.54, 1.807) is 0 Å². The lowest BCUT2D eigenvalue weighted by Crippen LogP contribution is -2.22. The lowest BCUT2D eigenvalue weighted by Gasteiger charge is -2.18. The highest BCUT2D eigenvalue weighted by Gasteiger charge is 2.48. The molecular weight excluding hydrogens is 246 g/mol. The second kappa shape index (κ2) is 5.80. The molecule has 1 saturated carbocycles. The van der Waals surface area contributed by atoms with Crippen LogP contribution in [0.15, 0.2) is 0 Å². The van der Waals surface area contributed by atoms with E-state index in [-0.39, 0.29) is 0 Å². The van der Waals surface area contributed by atoms with Gasteiger partial charge in [0.15, 0.2) is 0 Å². The van der Waals surface area contributed by atoms with Gasteiger partial charge in [-0.1, -0.05) is 27.7 Å². The molecule has 1 N–H and O–H groups in total. The molecule has 0 bridgehead atoms. The monoisotopic (exact) mass is 275 g/mol. The Bertz CT molecular complexity index is 456. The summed E-state index contributed by atoms with van der Waals surface area (Å²) < 4.78 is 0. The van der Waals surface area contributed by atoms with Crippen LogP contribution >= 0.6 is 0 Å². The smallest absolute Gasteiger partial charge is 0.132 e. The van der Waals surface area contributed by atoms with Crippen molar-refractivity contribution in [1.82, 2.24) is 15.3 Å². The number of hydrogen-bond acceptors (Lipinski definition) is 3. The quantitative estimate of drug-likeness (QED) is 0.804. The van der Waals surface area contributed by atoms with Gasteiger partial charge in [0.05, 0.1) is 0 Å². The van der Waals surface area contributed by atoms with E-state index in [1.165, 1.54) is 29.8 Å². The van der Waals surface area contributed by atoms with Crippen LogP contribution in [0.2, 0.25) is 0 Å². The second-order valence-corrected chi connectivity index (χ2v) is 7.02. The van der Waals surface area contributed by atoms with Crippen LogP contribution in [0, 0.1) is 19.3 Å². The molecule has 3 nitrogen and oxygen atoms in total. The molecule has 2 atom stereocenters. The first-order chi connectivity index (χ1) is 9.36. The number of rotatable bonds is 6. The summed E-state index contributed by atoms with van der Waals surface area (Å²) in [5.74, 6) is 2.09. The second-order valence-electron chi connectivity index (χ2n) is 7.02. The molecule has 0 aromatic carbocycles. The maximum atomic E-state index is 4.80. The van der Waals surface area contributed by atoms with Gasteiger partial charge in [-0.15, -0.1) is 0 Å². The molecule has 0 radical (unpaired) electrons. The molecule has 20 heavy (non-hydrogen) atoms. The topological polar surface area (TPSA) is 37.8 Å². The molecule has 1 aromatic heterocycles. The van der Waals surface area contributed by atoms with E-state index in [0.717, 1.165) is 18.9 Å². The van der Waals surface area contributed by atoms with E-state index < -0.39 is 0 Å². The van der Waals surface area contributed by atoms with E-state index >= 15 is 0 Å². The first-order valence-corrected chi connectivity index (χ1v) is 7.92. The van der Waals surface area contributed by atoms with Crippen LogP contribution in [0.1, 0.15) is 75.1 Å². The van der Waals surface area contributed by atoms with Gasteiger partial charge in [-0.25, -0.2) is 9.97 Å².